The second kappa shape index (κ2) is 3.36. The molecule has 1 N–H and O–H groups in total. The molecule has 3 heteroatoms. The smallest absolute Gasteiger partial charge is 0.0464 e. The van der Waals surface area contributed by atoms with Gasteiger partial charge in [0.1, 0.15) is 0 Å². The van der Waals surface area contributed by atoms with Crippen molar-refractivity contribution in [2.75, 3.05) is 6.54 Å². The van der Waals surface area contributed by atoms with E-state index in [1.54, 1.807) is 0 Å². The molecule has 1 nitrogen and oxygen atoms in total. The summed E-state index contributed by atoms with van der Waals surface area (Å²) in [7, 11) is 0. The second-order valence-corrected chi connectivity index (χ2v) is 4.27. The molecule has 0 aliphatic carbocycles. The molecule has 0 saturated carbocycles. The fraction of sp³-hybridized carbons (Fsp3) is 0.333. The van der Waals surface area contributed by atoms with E-state index < -0.39 is 0 Å². The normalized spacial score (nSPS) is 15.8. The van der Waals surface area contributed by atoms with Crippen molar-refractivity contribution in [3.05, 3.63) is 32.8 Å². The molecule has 0 radical (unpaired) electrons. The van der Waals surface area contributed by atoms with Crippen molar-refractivity contribution in [3.63, 3.8) is 0 Å². The van der Waals surface area contributed by atoms with Crippen molar-refractivity contribution in [2.24, 2.45) is 0 Å². The molecule has 1 aliphatic rings. The SMILES string of the molecule is Clc1cc(Br)cc2c1CNCC2. The van der Waals surface area contributed by atoms with Gasteiger partial charge in [0, 0.05) is 16.0 Å². The number of rotatable bonds is 0. The highest BCUT2D eigenvalue weighted by Gasteiger charge is 2.12. The minimum absolute atomic E-state index is 0.867. The van der Waals surface area contributed by atoms with Gasteiger partial charge in [0.25, 0.3) is 0 Å². The minimum Gasteiger partial charge on any atom is -0.312 e. The minimum atomic E-state index is 0.867. The van der Waals surface area contributed by atoms with Gasteiger partial charge in [-0.15, -0.1) is 0 Å². The first-order valence-electron chi connectivity index (χ1n) is 3.95. The Morgan fingerprint density at radius 1 is 1.42 bits per heavy atom. The molecule has 0 spiro atoms. The summed E-state index contributed by atoms with van der Waals surface area (Å²) in [4.78, 5) is 0. The Labute approximate surface area is 85.2 Å². The molecule has 64 valence electrons. The van der Waals surface area contributed by atoms with E-state index in [-0.39, 0.29) is 0 Å². The highest BCUT2D eigenvalue weighted by molar-refractivity contribution is 9.10. The van der Waals surface area contributed by atoms with Crippen molar-refractivity contribution >= 4 is 27.5 Å². The summed E-state index contributed by atoms with van der Waals surface area (Å²) >= 11 is 9.51. The molecule has 1 heterocycles. The zero-order valence-corrected chi connectivity index (χ0v) is 8.87. The summed E-state index contributed by atoms with van der Waals surface area (Å²) in [5.41, 5.74) is 2.62. The van der Waals surface area contributed by atoms with Gasteiger partial charge in [0.15, 0.2) is 0 Å². The van der Waals surface area contributed by atoms with Crippen LogP contribution in [0.2, 0.25) is 5.02 Å². The molecule has 0 bridgehead atoms. The lowest BCUT2D eigenvalue weighted by atomic mass is 10.0. The van der Waals surface area contributed by atoms with E-state index in [0.29, 0.717) is 0 Å². The Bertz CT molecular complexity index is 312. The predicted octanol–water partition coefficient (Wildman–Crippen LogP) is 2.75. The highest BCUT2D eigenvalue weighted by Crippen LogP contribution is 2.27. The van der Waals surface area contributed by atoms with Crippen LogP contribution in [0.3, 0.4) is 0 Å². The van der Waals surface area contributed by atoms with Crippen molar-refractivity contribution in [1.82, 2.24) is 5.32 Å². The number of hydrogen-bond acceptors (Lipinski definition) is 1. The van der Waals surface area contributed by atoms with Gasteiger partial charge in [0.2, 0.25) is 0 Å². The summed E-state index contributed by atoms with van der Waals surface area (Å²) in [6, 6.07) is 4.11. The first kappa shape index (κ1) is 8.54. The predicted molar refractivity (Wildman–Crippen MR) is 54.6 cm³/mol. The first-order valence-corrected chi connectivity index (χ1v) is 5.12. The molecule has 0 aromatic heterocycles. The highest BCUT2D eigenvalue weighted by atomic mass is 79.9. The molecule has 12 heavy (non-hydrogen) atoms. The van der Waals surface area contributed by atoms with Gasteiger partial charge >= 0.3 is 0 Å². The summed E-state index contributed by atoms with van der Waals surface area (Å²) in [5, 5.41) is 4.17. The van der Waals surface area contributed by atoms with Crippen molar-refractivity contribution in [3.8, 4) is 0 Å². The van der Waals surface area contributed by atoms with Crippen LogP contribution in [0.1, 0.15) is 11.1 Å². The van der Waals surface area contributed by atoms with Crippen LogP contribution >= 0.6 is 27.5 Å². The third kappa shape index (κ3) is 1.51. The van der Waals surface area contributed by atoms with Crippen LogP contribution < -0.4 is 5.32 Å². The Kier molecular flexibility index (Phi) is 2.40. The summed E-state index contributed by atoms with van der Waals surface area (Å²) in [6.45, 7) is 1.96. The van der Waals surface area contributed by atoms with Crippen LogP contribution in [0, 0.1) is 0 Å². The van der Waals surface area contributed by atoms with Gasteiger partial charge in [-0.1, -0.05) is 27.5 Å². The van der Waals surface area contributed by atoms with Gasteiger partial charge in [-0.25, -0.2) is 0 Å². The number of nitrogens with one attached hydrogen (secondary N) is 1. The maximum atomic E-state index is 6.08. The molecule has 0 amide bonds. The molecule has 2 rings (SSSR count). The van der Waals surface area contributed by atoms with Crippen molar-refractivity contribution in [2.45, 2.75) is 13.0 Å². The average Bonchev–Trinajstić information content (AvgIpc) is 2.04. The average molecular weight is 247 g/mol. The van der Waals surface area contributed by atoms with Crippen LogP contribution in [0.5, 0.6) is 0 Å². The maximum absolute atomic E-state index is 6.08. The molecular formula is C9H9BrClN. The fourth-order valence-electron chi connectivity index (χ4n) is 1.51. The van der Waals surface area contributed by atoms with Gasteiger partial charge in [-0.05, 0) is 36.2 Å². The van der Waals surface area contributed by atoms with E-state index in [2.05, 4.69) is 27.3 Å². The lowest BCUT2D eigenvalue weighted by molar-refractivity contribution is 0.643. The zero-order chi connectivity index (χ0) is 8.55. The fourth-order valence-corrected chi connectivity index (χ4v) is 2.46. The van der Waals surface area contributed by atoms with Crippen LogP contribution in [0.15, 0.2) is 16.6 Å². The summed E-state index contributed by atoms with van der Waals surface area (Å²) in [6.07, 6.45) is 1.08. The number of benzene rings is 1. The Morgan fingerprint density at radius 2 is 2.25 bits per heavy atom. The van der Waals surface area contributed by atoms with Crippen LogP contribution in [-0.4, -0.2) is 6.54 Å². The topological polar surface area (TPSA) is 12.0 Å². The Morgan fingerprint density at radius 3 is 3.08 bits per heavy atom. The van der Waals surface area contributed by atoms with Crippen molar-refractivity contribution in [1.29, 1.82) is 0 Å². The van der Waals surface area contributed by atoms with E-state index in [9.17, 15) is 0 Å². The molecule has 0 fully saturated rings. The van der Waals surface area contributed by atoms with E-state index in [4.69, 9.17) is 11.6 Å². The molecule has 0 atom stereocenters. The monoisotopic (exact) mass is 245 g/mol. The van der Waals surface area contributed by atoms with E-state index in [0.717, 1.165) is 29.0 Å². The quantitative estimate of drug-likeness (QED) is 0.742. The first-order chi connectivity index (χ1) is 5.77. The molecule has 1 aliphatic heterocycles. The molecule has 0 saturated heterocycles. The summed E-state index contributed by atoms with van der Waals surface area (Å²) in [5.74, 6) is 0. The molecular weight excluding hydrogens is 237 g/mol. The molecule has 1 aromatic rings. The zero-order valence-electron chi connectivity index (χ0n) is 6.53. The Balaban J connectivity index is 2.53. The molecule has 1 aromatic carbocycles. The van der Waals surface area contributed by atoms with Crippen molar-refractivity contribution < 1.29 is 0 Å². The van der Waals surface area contributed by atoms with Gasteiger partial charge in [-0.3, -0.25) is 0 Å². The number of halogens is 2. The number of hydrogen-bond donors (Lipinski definition) is 1. The number of fused-ring (bicyclic) bond motifs is 1. The maximum Gasteiger partial charge on any atom is 0.0464 e. The third-order valence-corrected chi connectivity index (χ3v) is 2.92. The molecule has 0 unspecified atom stereocenters. The van der Waals surface area contributed by atoms with Gasteiger partial charge in [-0.2, -0.15) is 0 Å². The van der Waals surface area contributed by atoms with E-state index >= 15 is 0 Å². The standard InChI is InChI=1S/C9H9BrClN/c10-7-3-6-1-2-12-5-8(6)9(11)4-7/h3-4,12H,1-2,5H2. The largest absolute Gasteiger partial charge is 0.312 e. The van der Waals surface area contributed by atoms with Gasteiger partial charge in [0.05, 0.1) is 0 Å². The third-order valence-electron chi connectivity index (χ3n) is 2.13. The lowest BCUT2D eigenvalue weighted by Crippen LogP contribution is -2.23. The van der Waals surface area contributed by atoms with Gasteiger partial charge < -0.3 is 5.32 Å². The lowest BCUT2D eigenvalue weighted by Gasteiger charge is -2.18. The van der Waals surface area contributed by atoms with Crippen LogP contribution in [-0.2, 0) is 13.0 Å². The summed E-state index contributed by atoms with van der Waals surface area (Å²) < 4.78 is 1.08. The van der Waals surface area contributed by atoms with Crippen LogP contribution in [0.25, 0.3) is 0 Å². The van der Waals surface area contributed by atoms with Crippen LogP contribution in [0.4, 0.5) is 0 Å². The second-order valence-electron chi connectivity index (χ2n) is 2.95. The van der Waals surface area contributed by atoms with E-state index in [1.807, 2.05) is 6.07 Å². The Hall–Kier alpha value is -0.0500. The van der Waals surface area contributed by atoms with E-state index in [1.165, 1.54) is 11.1 Å².